The van der Waals surface area contributed by atoms with Crippen molar-refractivity contribution in [3.8, 4) is 0 Å². The molecular weight excluding hydrogens is 850 g/mol. The maximum Gasteiger partial charge on any atom is 0.328 e. The van der Waals surface area contributed by atoms with Crippen LogP contribution in [0.15, 0.2) is 0 Å². The molecule has 0 heterocycles. The number of unbranched alkanes of at least 4 members (excludes halogenated alkanes) is 30. The maximum atomic E-state index is 12.9. The van der Waals surface area contributed by atoms with Crippen molar-refractivity contribution in [1.82, 2.24) is 5.32 Å². The lowest BCUT2D eigenvalue weighted by Crippen LogP contribution is -2.46. The van der Waals surface area contributed by atoms with Crippen molar-refractivity contribution in [3.63, 3.8) is 0 Å². The molecule has 1 atom stereocenters. The van der Waals surface area contributed by atoms with Gasteiger partial charge in [-0.1, -0.05) is 206 Å². The van der Waals surface area contributed by atoms with E-state index < -0.39 is 20.1 Å². The summed E-state index contributed by atoms with van der Waals surface area (Å²) in [5.74, 6) is -1.34. The fourth-order valence-corrected chi connectivity index (χ4v) is 6.93. The third kappa shape index (κ3) is 36.8. The van der Waals surface area contributed by atoms with Crippen molar-refractivity contribution < 1.29 is 23.9 Å². The van der Waals surface area contributed by atoms with Gasteiger partial charge in [0.05, 0.1) is 13.2 Å². The van der Waals surface area contributed by atoms with E-state index in [1.165, 1.54) is 173 Å². The second kappa shape index (κ2) is 39.1. The van der Waals surface area contributed by atoms with Crippen LogP contribution < -0.4 is 5.32 Å². The molecule has 9 heteroatoms. The van der Waals surface area contributed by atoms with Gasteiger partial charge in [0, 0.05) is 6.42 Å². The number of esters is 2. The molecule has 6 nitrogen and oxygen atoms in total. The summed E-state index contributed by atoms with van der Waals surface area (Å²) in [5, 5.41) is 2.68. The Kier molecular flexibility index (Phi) is 39.0. The van der Waals surface area contributed by atoms with E-state index in [1.54, 1.807) is 0 Å². The van der Waals surface area contributed by atoms with E-state index in [-0.39, 0.29) is 18.8 Å². The minimum Gasteiger partial charge on any atom is -0.466 e. The Hall–Kier alpha value is -0.150. The average Bonchev–Trinajstić information content (AvgIpc) is 3.12. The third-order valence-corrected chi connectivity index (χ3v) is 11.1. The topological polar surface area (TPSA) is 81.7 Å². The summed E-state index contributed by atoms with van der Waals surface area (Å²) in [4.78, 5) is 37.8. The molecule has 1 unspecified atom stereocenters. The first-order valence-corrected chi connectivity index (χ1v) is 24.3. The molecule has 52 heavy (non-hydrogen) atoms. The molecule has 308 valence electrons. The summed E-state index contributed by atoms with van der Waals surface area (Å²) in [7, 11) is 0. The Morgan fingerprint density at radius 3 is 1.06 bits per heavy atom. The van der Waals surface area contributed by atoms with Gasteiger partial charge in [-0.2, -0.15) is 0 Å². The highest BCUT2D eigenvalue weighted by Gasteiger charge is 2.33. The highest BCUT2D eigenvalue weighted by atomic mass is 80.0. The van der Waals surface area contributed by atoms with E-state index in [1.807, 2.05) is 0 Å². The lowest BCUT2D eigenvalue weighted by Gasteiger charge is -2.20. The van der Waals surface area contributed by atoms with Gasteiger partial charge < -0.3 is 14.8 Å². The van der Waals surface area contributed by atoms with Gasteiger partial charge in [0.2, 0.25) is 2.14 Å². The molecule has 0 aliphatic heterocycles. The standard InChI is InChI=1S/C43H80Br3NO5/c1-3-5-7-9-11-13-15-17-19-21-23-25-27-29-31-33-37-51-40(48)36-35-39(47-42(50)43(44,45)46)41(49)52-38-34-32-30-28-26-24-22-20-18-16-14-12-10-8-6-4-2/h39H,3-38H2,1-2H3,(H,47,50). The van der Waals surface area contributed by atoms with E-state index in [0.717, 1.165) is 32.1 Å². The average molecular weight is 931 g/mol. The van der Waals surface area contributed by atoms with Gasteiger partial charge in [-0.15, -0.1) is 0 Å². The SMILES string of the molecule is CCCCCCCCCCCCCCCCCCOC(=O)CCC(NC(=O)C(Br)(Br)Br)C(=O)OCCCCCCCCCCCCCCCCCC. The molecule has 0 rings (SSSR count). The van der Waals surface area contributed by atoms with Crippen molar-refractivity contribution in [1.29, 1.82) is 0 Å². The Labute approximate surface area is 346 Å². The van der Waals surface area contributed by atoms with Crippen LogP contribution in [-0.4, -0.2) is 39.2 Å². The summed E-state index contributed by atoms with van der Waals surface area (Å²) in [5.41, 5.74) is 0. The minimum atomic E-state index is -1.20. The number of ether oxygens (including phenoxy) is 2. The zero-order chi connectivity index (χ0) is 38.4. The van der Waals surface area contributed by atoms with Crippen LogP contribution >= 0.6 is 47.8 Å². The summed E-state index contributed by atoms with van der Waals surface area (Å²) in [6, 6.07) is -0.927. The number of nitrogens with one attached hydrogen (secondary N) is 1. The predicted molar refractivity (Wildman–Crippen MR) is 232 cm³/mol. The summed E-state index contributed by atoms with van der Waals surface area (Å²) in [6.07, 6.45) is 41.5. The number of alkyl halides is 3. The Balaban J connectivity index is 3.95. The van der Waals surface area contributed by atoms with Crippen LogP contribution in [0.4, 0.5) is 0 Å². The van der Waals surface area contributed by atoms with Crippen molar-refractivity contribution in [3.05, 3.63) is 0 Å². The second-order valence-corrected chi connectivity index (χ2v) is 21.8. The van der Waals surface area contributed by atoms with Crippen molar-refractivity contribution >= 4 is 65.6 Å². The molecule has 0 radical (unpaired) electrons. The highest BCUT2D eigenvalue weighted by Crippen LogP contribution is 2.33. The maximum absolute atomic E-state index is 12.9. The Morgan fingerprint density at radius 1 is 0.462 bits per heavy atom. The van der Waals surface area contributed by atoms with E-state index >= 15 is 0 Å². The molecule has 0 bridgehead atoms. The lowest BCUT2D eigenvalue weighted by molar-refractivity contribution is -0.149. The number of carbonyl (C=O) groups excluding carboxylic acids is 3. The van der Waals surface area contributed by atoms with Gasteiger partial charge in [0.15, 0.2) is 0 Å². The molecule has 0 aromatic carbocycles. The van der Waals surface area contributed by atoms with Crippen LogP contribution in [0.25, 0.3) is 0 Å². The summed E-state index contributed by atoms with van der Waals surface area (Å²) in [6.45, 7) is 5.25. The first-order valence-electron chi connectivity index (χ1n) is 21.9. The number of halogens is 3. The fraction of sp³-hybridized carbons (Fsp3) is 0.930. The van der Waals surface area contributed by atoms with Gasteiger partial charge in [-0.25, -0.2) is 4.79 Å². The molecular formula is C43H80Br3NO5. The van der Waals surface area contributed by atoms with E-state index in [9.17, 15) is 14.4 Å². The number of rotatable bonds is 39. The van der Waals surface area contributed by atoms with Crippen molar-refractivity contribution in [2.45, 2.75) is 240 Å². The predicted octanol–water partition coefficient (Wildman–Crippen LogP) is 14.7. The van der Waals surface area contributed by atoms with Crippen LogP contribution in [0.1, 0.15) is 232 Å². The van der Waals surface area contributed by atoms with Gasteiger partial charge in [0.25, 0.3) is 5.91 Å². The van der Waals surface area contributed by atoms with Crippen LogP contribution in [0.2, 0.25) is 0 Å². The Bertz CT molecular complexity index is 823. The van der Waals surface area contributed by atoms with Crippen molar-refractivity contribution in [2.75, 3.05) is 13.2 Å². The number of hydrogen-bond donors (Lipinski definition) is 1. The first kappa shape index (κ1) is 51.9. The van der Waals surface area contributed by atoms with E-state index in [2.05, 4.69) is 67.0 Å². The minimum absolute atomic E-state index is 0.0395. The molecule has 0 fully saturated rings. The third-order valence-electron chi connectivity index (χ3n) is 9.99. The molecule has 0 spiro atoms. The highest BCUT2D eigenvalue weighted by molar-refractivity contribution is 9.40. The fourth-order valence-electron chi connectivity index (χ4n) is 6.58. The molecule has 0 aromatic rings. The molecule has 0 aromatic heterocycles. The zero-order valence-corrected chi connectivity index (χ0v) is 38.5. The summed E-state index contributed by atoms with van der Waals surface area (Å²) >= 11 is 9.59. The number of hydrogen-bond acceptors (Lipinski definition) is 5. The van der Waals surface area contributed by atoms with Crippen LogP contribution in [0.3, 0.4) is 0 Å². The number of carbonyl (C=O) groups is 3. The van der Waals surface area contributed by atoms with Crippen molar-refractivity contribution in [2.24, 2.45) is 0 Å². The molecule has 1 amide bonds. The molecule has 1 N–H and O–H groups in total. The lowest BCUT2D eigenvalue weighted by atomic mass is 10.0. The van der Waals surface area contributed by atoms with Gasteiger partial charge >= 0.3 is 11.9 Å². The van der Waals surface area contributed by atoms with E-state index in [0.29, 0.717) is 13.2 Å². The van der Waals surface area contributed by atoms with Gasteiger partial charge in [-0.3, -0.25) is 9.59 Å². The Morgan fingerprint density at radius 2 is 0.750 bits per heavy atom. The van der Waals surface area contributed by atoms with E-state index in [4.69, 9.17) is 9.47 Å². The van der Waals surface area contributed by atoms with Gasteiger partial charge in [0.1, 0.15) is 6.04 Å². The zero-order valence-electron chi connectivity index (χ0n) is 33.7. The normalized spacial score (nSPS) is 12.2. The van der Waals surface area contributed by atoms with Crippen LogP contribution in [0.5, 0.6) is 0 Å². The quantitative estimate of drug-likeness (QED) is 0.0377. The van der Waals surface area contributed by atoms with Crippen LogP contribution in [-0.2, 0) is 23.9 Å². The van der Waals surface area contributed by atoms with Gasteiger partial charge in [-0.05, 0) is 67.1 Å². The second-order valence-electron chi connectivity index (χ2n) is 15.1. The first-order chi connectivity index (χ1) is 25.2. The molecule has 0 aliphatic carbocycles. The summed E-state index contributed by atoms with van der Waals surface area (Å²) < 4.78 is 9.74. The monoisotopic (exact) mass is 927 g/mol. The molecule has 0 saturated heterocycles. The van der Waals surface area contributed by atoms with Crippen LogP contribution in [0, 0.1) is 0 Å². The smallest absolute Gasteiger partial charge is 0.328 e. The largest absolute Gasteiger partial charge is 0.466 e. The molecule has 0 aliphatic rings. The molecule has 0 saturated carbocycles. The number of amides is 1.